The zero-order valence-electron chi connectivity index (χ0n) is 77.3. The summed E-state index contributed by atoms with van der Waals surface area (Å²) >= 11 is 1.82. The maximum absolute atomic E-state index is 10.0. The number of aliphatic hydroxyl groups is 1. The van der Waals surface area contributed by atoms with Crippen molar-refractivity contribution in [3.05, 3.63) is 334 Å². The van der Waals surface area contributed by atoms with E-state index in [2.05, 4.69) is 418 Å². The van der Waals surface area contributed by atoms with Gasteiger partial charge in [-0.25, -0.2) is 0 Å². The van der Waals surface area contributed by atoms with Gasteiger partial charge in [0.05, 0.1) is 5.60 Å². The van der Waals surface area contributed by atoms with Crippen molar-refractivity contribution in [1.82, 2.24) is 0 Å². The Bertz CT molecular complexity index is 4200. The van der Waals surface area contributed by atoms with E-state index in [-0.39, 0.29) is 5.60 Å². The number of rotatable bonds is 24. The van der Waals surface area contributed by atoms with Crippen LogP contribution >= 0.6 is 11.3 Å². The van der Waals surface area contributed by atoms with Gasteiger partial charge in [-0.1, -0.05) is 442 Å². The third-order valence-electron chi connectivity index (χ3n) is 24.6. The molecule has 10 aromatic rings. The van der Waals surface area contributed by atoms with Gasteiger partial charge in [0.25, 0.3) is 0 Å². The van der Waals surface area contributed by atoms with Crippen LogP contribution in [0.2, 0.25) is 0 Å². The molecule has 13 rings (SSSR count). The lowest BCUT2D eigenvalue weighted by Crippen LogP contribution is -2.32. The molecule has 632 valence electrons. The molecular weight excluding hydrogens is 1430 g/mol. The molecule has 3 unspecified atom stereocenters. The monoisotopic (exact) mass is 1590 g/mol. The van der Waals surface area contributed by atoms with Crippen molar-refractivity contribution in [2.24, 2.45) is 52.8 Å². The van der Waals surface area contributed by atoms with Gasteiger partial charge in [-0.15, -0.1) is 11.3 Å². The lowest BCUT2D eigenvalue weighted by Gasteiger charge is -2.35. The second kappa shape index (κ2) is 52.4. The fourth-order valence-corrected chi connectivity index (χ4v) is 19.3. The SMILES string of the molecule is CC(C)C(CCc1ccccc1)c1ccccc1.CC(C)C1(c2ccccc2)CCCC1.CC(C)CC1(O)CCCCC1.CC(C)Cc1ccccc1-c1ccccc1.CC(C)Cc1ccccc1-c1cccs1.CC1=C(CC(C)C)C(C)(C)CCC1.CCCC(c1ccccc1)C(C)C.Cc1ccccc1C(c1ccccc1)C(C)C. The van der Waals surface area contributed by atoms with Gasteiger partial charge in [0, 0.05) is 10.8 Å². The summed E-state index contributed by atoms with van der Waals surface area (Å²) in [6, 6.07) is 95.5. The lowest BCUT2D eigenvalue weighted by molar-refractivity contribution is -0.0139. The largest absolute Gasteiger partial charge is 0.390 e. The fourth-order valence-electron chi connectivity index (χ4n) is 18.5. The van der Waals surface area contributed by atoms with Crippen molar-refractivity contribution in [1.29, 1.82) is 0 Å². The topological polar surface area (TPSA) is 20.2 Å². The lowest BCUT2D eigenvalue weighted by atomic mass is 9.70. The van der Waals surface area contributed by atoms with E-state index in [1.807, 2.05) is 11.3 Å². The molecule has 2 saturated carbocycles. The summed E-state index contributed by atoms with van der Waals surface area (Å²) < 4.78 is 0. The molecule has 1 nitrogen and oxygen atoms in total. The fraction of sp³-hybridized carbons (Fsp3) is 0.478. The molecule has 0 aliphatic heterocycles. The van der Waals surface area contributed by atoms with Gasteiger partial charge in [0.2, 0.25) is 0 Å². The number of thiophene rings is 1. The summed E-state index contributed by atoms with van der Waals surface area (Å²) in [5, 5.41) is 12.2. The van der Waals surface area contributed by atoms with Gasteiger partial charge in [-0.2, -0.15) is 0 Å². The third kappa shape index (κ3) is 34.2. The molecule has 1 heterocycles. The number of benzene rings is 9. The second-order valence-corrected chi connectivity index (χ2v) is 39.0. The minimum Gasteiger partial charge on any atom is -0.390 e. The Hall–Kier alpha value is -7.62. The van der Waals surface area contributed by atoms with E-state index < -0.39 is 0 Å². The zero-order chi connectivity index (χ0) is 85.2. The molecule has 0 spiro atoms. The first-order chi connectivity index (χ1) is 56.1. The average Bonchev–Trinajstić information content (AvgIpc) is 1.73. The molecule has 3 atom stereocenters. The van der Waals surface area contributed by atoms with E-state index in [0.717, 1.165) is 55.8 Å². The van der Waals surface area contributed by atoms with E-state index >= 15 is 0 Å². The second-order valence-electron chi connectivity index (χ2n) is 38.0. The average molecular weight is 1590 g/mol. The van der Waals surface area contributed by atoms with Crippen molar-refractivity contribution >= 4 is 11.3 Å². The van der Waals surface area contributed by atoms with Crippen LogP contribution in [0.5, 0.6) is 0 Å². The van der Waals surface area contributed by atoms with Crippen molar-refractivity contribution in [3.63, 3.8) is 0 Å². The zero-order valence-corrected chi connectivity index (χ0v) is 78.1. The molecule has 2 fully saturated rings. The summed E-state index contributed by atoms with van der Waals surface area (Å²) in [5.41, 5.74) is 21.3. The van der Waals surface area contributed by atoms with Gasteiger partial charge in [-0.05, 0) is 252 Å². The molecule has 117 heavy (non-hydrogen) atoms. The van der Waals surface area contributed by atoms with E-state index in [0.29, 0.717) is 52.3 Å². The Labute approximate surface area is 722 Å². The number of hydrogen-bond donors (Lipinski definition) is 1. The summed E-state index contributed by atoms with van der Waals surface area (Å²) in [6.45, 7) is 48.3. The van der Waals surface area contributed by atoms with E-state index in [1.165, 1.54) is 162 Å². The van der Waals surface area contributed by atoms with Crippen LogP contribution in [-0.2, 0) is 24.7 Å². The first-order valence-electron chi connectivity index (χ1n) is 46.0. The highest BCUT2D eigenvalue weighted by Crippen LogP contribution is 2.47. The smallest absolute Gasteiger partial charge is 0.0650 e. The summed E-state index contributed by atoms with van der Waals surface area (Å²) in [5.74, 6) is 7.58. The number of hydrogen-bond acceptors (Lipinski definition) is 2. The summed E-state index contributed by atoms with van der Waals surface area (Å²) in [6.07, 6.45) is 25.1. The van der Waals surface area contributed by atoms with Crippen LogP contribution in [0.15, 0.2) is 283 Å². The number of aryl methyl sites for hydroxylation is 2. The minimum absolute atomic E-state index is 0.299. The maximum atomic E-state index is 10.0. The van der Waals surface area contributed by atoms with Crippen LogP contribution in [0.3, 0.4) is 0 Å². The summed E-state index contributed by atoms with van der Waals surface area (Å²) in [7, 11) is 0. The van der Waals surface area contributed by atoms with Crippen LogP contribution in [0.1, 0.15) is 315 Å². The van der Waals surface area contributed by atoms with Crippen molar-refractivity contribution < 1.29 is 5.11 Å². The molecule has 3 aliphatic carbocycles. The van der Waals surface area contributed by atoms with Gasteiger partial charge >= 0.3 is 0 Å². The first kappa shape index (κ1) is 98.2. The maximum Gasteiger partial charge on any atom is 0.0650 e. The van der Waals surface area contributed by atoms with Crippen molar-refractivity contribution in [3.8, 4) is 21.6 Å². The molecule has 1 N–H and O–H groups in total. The first-order valence-corrected chi connectivity index (χ1v) is 46.9. The normalized spacial score (nSPS) is 15.3. The highest BCUT2D eigenvalue weighted by atomic mass is 32.1. The predicted molar refractivity (Wildman–Crippen MR) is 519 cm³/mol. The van der Waals surface area contributed by atoms with Gasteiger partial charge in [-0.3, -0.25) is 0 Å². The molecule has 0 amide bonds. The van der Waals surface area contributed by atoms with Gasteiger partial charge in [0.1, 0.15) is 0 Å². The molecule has 1 aromatic heterocycles. The molecular formula is C115H160OS. The van der Waals surface area contributed by atoms with E-state index in [4.69, 9.17) is 0 Å². The van der Waals surface area contributed by atoms with Gasteiger partial charge < -0.3 is 5.11 Å². The Balaban J connectivity index is 0.000000209. The summed E-state index contributed by atoms with van der Waals surface area (Å²) in [4.78, 5) is 1.38. The molecule has 2 heteroatoms. The predicted octanol–water partition coefficient (Wildman–Crippen LogP) is 34.7. The quantitative estimate of drug-likeness (QED) is 0.0598. The molecule has 0 radical (unpaired) electrons. The van der Waals surface area contributed by atoms with Crippen molar-refractivity contribution in [2.75, 3.05) is 0 Å². The van der Waals surface area contributed by atoms with E-state index in [1.54, 1.807) is 16.7 Å². The molecule has 0 saturated heterocycles. The Morgan fingerprint density at radius 2 is 0.821 bits per heavy atom. The van der Waals surface area contributed by atoms with Crippen LogP contribution < -0.4 is 0 Å². The van der Waals surface area contributed by atoms with Gasteiger partial charge in [0.15, 0.2) is 0 Å². The Morgan fingerprint density at radius 3 is 1.27 bits per heavy atom. The minimum atomic E-state index is -0.299. The van der Waals surface area contributed by atoms with Crippen LogP contribution in [0.25, 0.3) is 21.6 Å². The highest BCUT2D eigenvalue weighted by molar-refractivity contribution is 7.13. The highest BCUT2D eigenvalue weighted by Gasteiger charge is 2.38. The standard InChI is InChI=1S/C18H22.C17H20.C16H18.C14H16S.C14H20.C13H24.C13H20.C10H20O/c1-15(2)18(17-11-7-4-8-12-17)14-13-16-9-5-3-6-10-16;1-13(2)17(15-10-5-4-6-11-15)16-12-8-7-9-14(16)3;1-13(2)12-15-10-6-7-11-16(15)14-8-4-3-5-9-14;1-11(2)10-12-6-3-4-7-13(12)14-8-5-9-15-14;1-12(2)14(10-6-7-11-14)13-8-4-3-5-9-13;1-10(2)9-12-11(3)7-6-8-13(12,4)5;1-4-8-13(11(2)3)12-9-6-5-7-10-12;1-9(2)8-10(11)6-4-3-5-7-10/h3-12,15,18H,13-14H2,1-2H3;4-13,17H,1-3H3;3-11,13H,12H2,1-2H3;3-9,11H,10H2,1-2H3;3-5,8-9,12H,6-7,10-11H2,1-2H3;10H,6-9H2,1-5H3;5-7,9-11,13H,4,8H2,1-3H3;9,11H,3-8H2,1-2H3. The van der Waals surface area contributed by atoms with E-state index in [9.17, 15) is 5.11 Å². The Kier molecular flexibility index (Phi) is 44.0. The molecule has 3 aliphatic rings. The molecule has 9 aromatic carbocycles. The third-order valence-corrected chi connectivity index (χ3v) is 25.5. The van der Waals surface area contributed by atoms with Crippen LogP contribution in [0, 0.1) is 59.7 Å². The number of allylic oxidation sites excluding steroid dienone is 2. The molecule has 0 bridgehead atoms. The van der Waals surface area contributed by atoms with Crippen LogP contribution in [0.4, 0.5) is 0 Å². The van der Waals surface area contributed by atoms with Crippen LogP contribution in [-0.4, -0.2) is 10.7 Å². The Morgan fingerprint density at radius 1 is 0.385 bits per heavy atom. The van der Waals surface area contributed by atoms with Crippen molar-refractivity contribution in [2.45, 2.75) is 303 Å².